The molecule has 1 heterocycles. The lowest BCUT2D eigenvalue weighted by Crippen LogP contribution is -2.24. The van der Waals surface area contributed by atoms with Gasteiger partial charge in [-0.15, -0.1) is 0 Å². The van der Waals surface area contributed by atoms with Gasteiger partial charge in [-0.05, 0) is 37.0 Å². The van der Waals surface area contributed by atoms with E-state index in [0.717, 1.165) is 49.2 Å². The molecule has 126 valence electrons. The first kappa shape index (κ1) is 16.7. The van der Waals surface area contributed by atoms with E-state index in [4.69, 9.17) is 9.47 Å². The molecular formula is C21H24O3. The molecule has 0 saturated carbocycles. The van der Waals surface area contributed by atoms with Crippen molar-refractivity contribution in [1.29, 1.82) is 0 Å². The fraction of sp³-hybridized carbons (Fsp3) is 0.381. The Morgan fingerprint density at radius 1 is 1.12 bits per heavy atom. The van der Waals surface area contributed by atoms with Crippen LogP contribution in [0.15, 0.2) is 54.6 Å². The Hall–Kier alpha value is -2.13. The van der Waals surface area contributed by atoms with Crippen molar-refractivity contribution >= 4 is 5.78 Å². The fourth-order valence-electron chi connectivity index (χ4n) is 3.11. The number of ether oxygens (including phenoxy) is 2. The summed E-state index contributed by atoms with van der Waals surface area (Å²) in [6.07, 6.45) is 3.83. The monoisotopic (exact) mass is 324 g/mol. The molecule has 3 heteroatoms. The van der Waals surface area contributed by atoms with Crippen LogP contribution in [-0.2, 0) is 4.74 Å². The molecule has 2 atom stereocenters. The molecule has 24 heavy (non-hydrogen) atoms. The molecule has 3 rings (SSSR count). The van der Waals surface area contributed by atoms with E-state index in [2.05, 4.69) is 0 Å². The Labute approximate surface area is 143 Å². The number of hydrogen-bond acceptors (Lipinski definition) is 3. The molecule has 0 N–H and O–H groups in total. The molecule has 0 bridgehead atoms. The van der Waals surface area contributed by atoms with Crippen molar-refractivity contribution < 1.29 is 14.3 Å². The van der Waals surface area contributed by atoms with Crippen LogP contribution in [0, 0.1) is 0 Å². The van der Waals surface area contributed by atoms with Crippen molar-refractivity contribution in [2.24, 2.45) is 0 Å². The standard InChI is InChI=1S/C21H24O3/c1-2-19(21(22)17-8-4-3-5-9-17)16-11-13-18(14-12-16)24-20-10-6-7-15-23-20/h3-5,8-9,11-14,19-20H,2,6-7,10,15H2,1H3/t19-,20-/m1/s1. The summed E-state index contributed by atoms with van der Waals surface area (Å²) in [5, 5.41) is 0. The van der Waals surface area contributed by atoms with Gasteiger partial charge in [0.05, 0.1) is 6.61 Å². The molecule has 1 fully saturated rings. The summed E-state index contributed by atoms with van der Waals surface area (Å²) >= 11 is 0. The van der Waals surface area contributed by atoms with Gasteiger partial charge in [-0.3, -0.25) is 4.79 Å². The summed E-state index contributed by atoms with van der Waals surface area (Å²) in [5.41, 5.74) is 1.79. The normalized spacial score (nSPS) is 18.8. The van der Waals surface area contributed by atoms with E-state index in [0.29, 0.717) is 0 Å². The van der Waals surface area contributed by atoms with E-state index in [1.165, 1.54) is 0 Å². The van der Waals surface area contributed by atoms with Gasteiger partial charge in [0.1, 0.15) is 5.75 Å². The van der Waals surface area contributed by atoms with Gasteiger partial charge in [0.15, 0.2) is 12.1 Å². The molecule has 0 aliphatic carbocycles. The second kappa shape index (κ2) is 8.11. The number of rotatable bonds is 6. The fourth-order valence-corrected chi connectivity index (χ4v) is 3.11. The highest BCUT2D eigenvalue weighted by Crippen LogP contribution is 2.27. The van der Waals surface area contributed by atoms with Gasteiger partial charge in [-0.1, -0.05) is 49.4 Å². The van der Waals surface area contributed by atoms with Crippen LogP contribution in [0.25, 0.3) is 0 Å². The van der Waals surface area contributed by atoms with Gasteiger partial charge in [0.25, 0.3) is 0 Å². The minimum Gasteiger partial charge on any atom is -0.465 e. The highest BCUT2D eigenvalue weighted by molar-refractivity contribution is 6.00. The van der Waals surface area contributed by atoms with E-state index in [-0.39, 0.29) is 18.0 Å². The third-order valence-electron chi connectivity index (χ3n) is 4.47. The highest BCUT2D eigenvalue weighted by Gasteiger charge is 2.20. The van der Waals surface area contributed by atoms with Crippen molar-refractivity contribution in [3.63, 3.8) is 0 Å². The van der Waals surface area contributed by atoms with E-state index in [1.807, 2.05) is 61.5 Å². The molecule has 2 aromatic rings. The average Bonchev–Trinajstić information content (AvgIpc) is 2.65. The minimum atomic E-state index is -0.141. The van der Waals surface area contributed by atoms with E-state index < -0.39 is 0 Å². The zero-order valence-electron chi connectivity index (χ0n) is 14.1. The number of ketones is 1. The van der Waals surface area contributed by atoms with Gasteiger partial charge in [0.2, 0.25) is 0 Å². The summed E-state index contributed by atoms with van der Waals surface area (Å²) < 4.78 is 11.5. The lowest BCUT2D eigenvalue weighted by Gasteiger charge is -2.23. The summed E-state index contributed by atoms with van der Waals surface area (Å²) in [7, 11) is 0. The van der Waals surface area contributed by atoms with Crippen LogP contribution in [0.3, 0.4) is 0 Å². The molecule has 0 amide bonds. The molecule has 0 spiro atoms. The smallest absolute Gasteiger partial charge is 0.199 e. The first-order valence-electron chi connectivity index (χ1n) is 8.75. The Morgan fingerprint density at radius 2 is 1.88 bits per heavy atom. The first-order chi connectivity index (χ1) is 11.8. The maximum absolute atomic E-state index is 12.7. The zero-order valence-corrected chi connectivity index (χ0v) is 14.1. The second-order valence-corrected chi connectivity index (χ2v) is 6.17. The van der Waals surface area contributed by atoms with Gasteiger partial charge < -0.3 is 9.47 Å². The van der Waals surface area contributed by atoms with Crippen LogP contribution in [0.2, 0.25) is 0 Å². The van der Waals surface area contributed by atoms with Crippen molar-refractivity contribution in [3.8, 4) is 5.75 Å². The molecule has 0 radical (unpaired) electrons. The van der Waals surface area contributed by atoms with Gasteiger partial charge in [-0.25, -0.2) is 0 Å². The van der Waals surface area contributed by atoms with Gasteiger partial charge >= 0.3 is 0 Å². The molecule has 0 unspecified atom stereocenters. The molecule has 3 nitrogen and oxygen atoms in total. The Bertz CT molecular complexity index is 643. The van der Waals surface area contributed by atoms with Crippen LogP contribution in [0.5, 0.6) is 5.75 Å². The van der Waals surface area contributed by atoms with Crippen LogP contribution in [0.1, 0.15) is 54.4 Å². The number of carbonyl (C=O) groups is 1. The minimum absolute atomic E-state index is 0.118. The third-order valence-corrected chi connectivity index (χ3v) is 4.47. The van der Waals surface area contributed by atoms with E-state index in [9.17, 15) is 4.79 Å². The van der Waals surface area contributed by atoms with E-state index in [1.54, 1.807) is 0 Å². The summed E-state index contributed by atoms with van der Waals surface area (Å²) in [6, 6.07) is 17.4. The topological polar surface area (TPSA) is 35.5 Å². The van der Waals surface area contributed by atoms with Crippen LogP contribution in [-0.4, -0.2) is 18.7 Å². The molecule has 2 aromatic carbocycles. The lowest BCUT2D eigenvalue weighted by atomic mass is 9.88. The molecule has 0 aromatic heterocycles. The van der Waals surface area contributed by atoms with Crippen molar-refractivity contribution in [2.45, 2.75) is 44.8 Å². The number of benzene rings is 2. The Morgan fingerprint density at radius 3 is 2.50 bits per heavy atom. The number of hydrogen-bond donors (Lipinski definition) is 0. The van der Waals surface area contributed by atoms with Gasteiger partial charge in [0, 0.05) is 17.9 Å². The molecular weight excluding hydrogens is 300 g/mol. The summed E-state index contributed by atoms with van der Waals surface area (Å²) in [6.45, 7) is 2.82. The van der Waals surface area contributed by atoms with Crippen LogP contribution < -0.4 is 4.74 Å². The number of carbonyl (C=O) groups excluding carboxylic acids is 1. The predicted octanol–water partition coefficient (Wildman–Crippen LogP) is 4.97. The SMILES string of the molecule is CC[C@@H](C(=O)c1ccccc1)c1ccc(O[C@@H]2CCCCO2)cc1. The maximum Gasteiger partial charge on any atom is 0.199 e. The van der Waals surface area contributed by atoms with Crippen molar-refractivity contribution in [2.75, 3.05) is 6.61 Å². The zero-order chi connectivity index (χ0) is 16.8. The molecule has 1 aliphatic rings. The second-order valence-electron chi connectivity index (χ2n) is 6.17. The quantitative estimate of drug-likeness (QED) is 0.704. The summed E-state index contributed by atoms with van der Waals surface area (Å²) in [4.78, 5) is 12.7. The van der Waals surface area contributed by atoms with Crippen molar-refractivity contribution in [1.82, 2.24) is 0 Å². The maximum atomic E-state index is 12.7. The Balaban J connectivity index is 1.69. The van der Waals surface area contributed by atoms with E-state index >= 15 is 0 Å². The van der Waals surface area contributed by atoms with Crippen molar-refractivity contribution in [3.05, 3.63) is 65.7 Å². The third kappa shape index (κ3) is 4.04. The largest absolute Gasteiger partial charge is 0.465 e. The highest BCUT2D eigenvalue weighted by atomic mass is 16.7. The number of Topliss-reactive ketones (excluding diaryl/α,β-unsaturated/α-hetero) is 1. The average molecular weight is 324 g/mol. The van der Waals surface area contributed by atoms with Crippen LogP contribution in [0.4, 0.5) is 0 Å². The molecule has 1 aliphatic heterocycles. The molecule has 1 saturated heterocycles. The van der Waals surface area contributed by atoms with Crippen LogP contribution >= 0.6 is 0 Å². The Kier molecular flexibility index (Phi) is 5.65. The van der Waals surface area contributed by atoms with Gasteiger partial charge in [-0.2, -0.15) is 0 Å². The lowest BCUT2D eigenvalue weighted by molar-refractivity contribution is -0.105. The summed E-state index contributed by atoms with van der Waals surface area (Å²) in [5.74, 6) is 0.849. The first-order valence-corrected chi connectivity index (χ1v) is 8.75. The predicted molar refractivity (Wildman–Crippen MR) is 94.5 cm³/mol.